The van der Waals surface area contributed by atoms with Crippen molar-refractivity contribution in [3.63, 3.8) is 0 Å². The second kappa shape index (κ2) is 7.03. The second-order valence-corrected chi connectivity index (χ2v) is 6.64. The van der Waals surface area contributed by atoms with E-state index in [4.69, 9.17) is 10.5 Å². The molecule has 0 bridgehead atoms. The first-order valence-corrected chi connectivity index (χ1v) is 7.16. The minimum Gasteiger partial charge on any atom is -0.495 e. The maximum absolute atomic E-state index is 12.2. The maximum Gasteiger partial charge on any atom is 0.271 e. The van der Waals surface area contributed by atoms with Gasteiger partial charge in [0, 0.05) is 24.2 Å². The highest BCUT2D eigenvalue weighted by Gasteiger charge is 2.24. The van der Waals surface area contributed by atoms with Gasteiger partial charge in [-0.2, -0.15) is 0 Å². The number of hydrogen-bond acceptors (Lipinski definition) is 6. The van der Waals surface area contributed by atoms with E-state index in [0.29, 0.717) is 0 Å². The Labute approximate surface area is 129 Å². The van der Waals surface area contributed by atoms with Crippen LogP contribution in [0.25, 0.3) is 0 Å². The number of nitro groups is 1. The fraction of sp³-hybridized carbons (Fsp3) is 0.455. The van der Waals surface area contributed by atoms with Gasteiger partial charge < -0.3 is 10.5 Å². The zero-order chi connectivity index (χ0) is 15.6. The molecule has 0 saturated heterocycles. The van der Waals surface area contributed by atoms with E-state index in [-0.39, 0.29) is 35.3 Å². The highest BCUT2D eigenvalue weighted by atomic mass is 35.5. The Balaban J connectivity index is 0.00000400. The van der Waals surface area contributed by atoms with Crippen LogP contribution in [0.1, 0.15) is 13.8 Å². The van der Waals surface area contributed by atoms with Gasteiger partial charge in [0.15, 0.2) is 0 Å². The minimum absolute atomic E-state index is 0. The van der Waals surface area contributed by atoms with Crippen molar-refractivity contribution in [1.82, 2.24) is 4.72 Å². The minimum atomic E-state index is -3.95. The molecule has 120 valence electrons. The van der Waals surface area contributed by atoms with Gasteiger partial charge in [-0.25, -0.2) is 13.1 Å². The van der Waals surface area contributed by atoms with E-state index in [9.17, 15) is 18.5 Å². The summed E-state index contributed by atoms with van der Waals surface area (Å²) in [5, 5.41) is 10.7. The molecule has 0 amide bonds. The largest absolute Gasteiger partial charge is 0.495 e. The number of ether oxygens (including phenoxy) is 1. The number of hydrogen-bond donors (Lipinski definition) is 2. The summed E-state index contributed by atoms with van der Waals surface area (Å²) in [6, 6.07) is 3.36. The van der Waals surface area contributed by atoms with Crippen molar-refractivity contribution in [2.75, 3.05) is 13.7 Å². The summed E-state index contributed by atoms with van der Waals surface area (Å²) in [6.07, 6.45) is 0. The van der Waals surface area contributed by atoms with E-state index in [1.165, 1.54) is 19.2 Å². The van der Waals surface area contributed by atoms with Gasteiger partial charge in [0.2, 0.25) is 10.0 Å². The van der Waals surface area contributed by atoms with Crippen molar-refractivity contribution in [2.24, 2.45) is 5.73 Å². The molecule has 0 fully saturated rings. The quantitative estimate of drug-likeness (QED) is 0.589. The van der Waals surface area contributed by atoms with Crippen LogP contribution in [-0.2, 0) is 10.0 Å². The Hall–Kier alpha value is -1.42. The summed E-state index contributed by atoms with van der Waals surface area (Å²) in [6.45, 7) is 3.29. The Morgan fingerprint density at radius 2 is 2.00 bits per heavy atom. The van der Waals surface area contributed by atoms with Gasteiger partial charge >= 0.3 is 0 Å². The lowest BCUT2D eigenvalue weighted by Crippen LogP contribution is -2.45. The molecule has 0 spiro atoms. The van der Waals surface area contributed by atoms with Gasteiger partial charge in [0.1, 0.15) is 10.6 Å². The van der Waals surface area contributed by atoms with Crippen LogP contribution in [0.3, 0.4) is 0 Å². The zero-order valence-electron chi connectivity index (χ0n) is 11.8. The molecule has 1 rings (SSSR count). The fourth-order valence-corrected chi connectivity index (χ4v) is 2.76. The molecule has 0 aliphatic rings. The molecule has 0 aliphatic carbocycles. The molecule has 0 heterocycles. The first kappa shape index (κ1) is 19.6. The molecular weight excluding hydrogens is 322 g/mol. The van der Waals surface area contributed by atoms with Gasteiger partial charge in [-0.3, -0.25) is 10.1 Å². The average molecular weight is 340 g/mol. The van der Waals surface area contributed by atoms with Gasteiger partial charge in [0.25, 0.3) is 5.69 Å². The summed E-state index contributed by atoms with van der Waals surface area (Å²) in [4.78, 5) is 9.76. The third-order valence-corrected chi connectivity index (χ3v) is 3.79. The number of methoxy groups -OCH3 is 1. The van der Waals surface area contributed by atoms with Crippen molar-refractivity contribution >= 4 is 28.1 Å². The Bertz CT molecular complexity index is 613. The van der Waals surface area contributed by atoms with Crippen LogP contribution >= 0.6 is 12.4 Å². The predicted molar refractivity (Wildman–Crippen MR) is 80.4 cm³/mol. The molecule has 10 heteroatoms. The molecular formula is C11H18ClN3O5S. The Morgan fingerprint density at radius 3 is 2.43 bits per heavy atom. The standard InChI is InChI=1S/C11H17N3O5S.ClH/c1-11(2,12)7-13-20(17,18)10-6-8(14(15)16)4-5-9(10)19-3;/h4-6,13H,7,12H2,1-3H3;1H. The van der Waals surface area contributed by atoms with Crippen molar-refractivity contribution < 1.29 is 18.1 Å². The lowest BCUT2D eigenvalue weighted by atomic mass is 10.1. The van der Waals surface area contributed by atoms with Crippen LogP contribution in [0, 0.1) is 10.1 Å². The average Bonchev–Trinajstić information content (AvgIpc) is 2.35. The highest BCUT2D eigenvalue weighted by Crippen LogP contribution is 2.28. The summed E-state index contributed by atoms with van der Waals surface area (Å²) in [7, 11) is -2.67. The van der Waals surface area contributed by atoms with E-state index >= 15 is 0 Å². The molecule has 0 aliphatic heterocycles. The summed E-state index contributed by atoms with van der Waals surface area (Å²) in [5.41, 5.74) is 4.62. The van der Waals surface area contributed by atoms with Gasteiger partial charge in [-0.15, -0.1) is 12.4 Å². The Kier molecular flexibility index (Phi) is 6.55. The highest BCUT2D eigenvalue weighted by molar-refractivity contribution is 7.89. The maximum atomic E-state index is 12.2. The van der Waals surface area contributed by atoms with E-state index in [1.807, 2.05) is 0 Å². The van der Waals surface area contributed by atoms with Crippen LogP contribution in [0.4, 0.5) is 5.69 Å². The third kappa shape index (κ3) is 5.46. The number of nitrogens with one attached hydrogen (secondary N) is 1. The number of benzene rings is 1. The van der Waals surface area contributed by atoms with Crippen molar-refractivity contribution in [3.8, 4) is 5.75 Å². The first-order valence-electron chi connectivity index (χ1n) is 5.68. The molecule has 1 aromatic carbocycles. The smallest absolute Gasteiger partial charge is 0.271 e. The molecule has 0 radical (unpaired) electrons. The van der Waals surface area contributed by atoms with Crippen LogP contribution in [0.5, 0.6) is 5.75 Å². The molecule has 21 heavy (non-hydrogen) atoms. The zero-order valence-corrected chi connectivity index (χ0v) is 13.5. The van der Waals surface area contributed by atoms with E-state index < -0.39 is 20.5 Å². The first-order chi connectivity index (χ1) is 9.07. The van der Waals surface area contributed by atoms with Gasteiger partial charge in [-0.1, -0.05) is 0 Å². The van der Waals surface area contributed by atoms with Crippen LogP contribution < -0.4 is 15.2 Å². The van der Waals surface area contributed by atoms with Crippen LogP contribution in [0.2, 0.25) is 0 Å². The Morgan fingerprint density at radius 1 is 1.43 bits per heavy atom. The second-order valence-electron chi connectivity index (χ2n) is 4.91. The normalized spacial score (nSPS) is 11.6. The summed E-state index contributed by atoms with van der Waals surface area (Å²) >= 11 is 0. The van der Waals surface area contributed by atoms with Gasteiger partial charge in [0.05, 0.1) is 12.0 Å². The van der Waals surface area contributed by atoms with Crippen LogP contribution in [-0.4, -0.2) is 32.5 Å². The predicted octanol–water partition coefficient (Wildman–Crippen LogP) is 1.04. The summed E-state index contributed by atoms with van der Waals surface area (Å²) in [5.74, 6) is 0.0259. The lowest BCUT2D eigenvalue weighted by Gasteiger charge is -2.19. The van der Waals surface area contributed by atoms with E-state index in [1.54, 1.807) is 13.8 Å². The fourth-order valence-electron chi connectivity index (χ4n) is 1.35. The number of sulfonamides is 1. The molecule has 0 unspecified atom stereocenters. The van der Waals surface area contributed by atoms with Gasteiger partial charge in [-0.05, 0) is 19.9 Å². The van der Waals surface area contributed by atoms with Crippen molar-refractivity contribution in [3.05, 3.63) is 28.3 Å². The third-order valence-electron chi connectivity index (χ3n) is 2.37. The molecule has 1 aromatic rings. The SMILES string of the molecule is COc1ccc([N+](=O)[O-])cc1S(=O)(=O)NCC(C)(C)N.Cl. The number of nitrogens with zero attached hydrogens (tertiary/aromatic N) is 1. The number of nitrogens with two attached hydrogens (primary N) is 1. The monoisotopic (exact) mass is 339 g/mol. The van der Waals surface area contributed by atoms with E-state index in [0.717, 1.165) is 6.07 Å². The lowest BCUT2D eigenvalue weighted by molar-refractivity contribution is -0.385. The topological polar surface area (TPSA) is 125 Å². The number of halogens is 1. The van der Waals surface area contributed by atoms with Crippen molar-refractivity contribution in [1.29, 1.82) is 0 Å². The molecule has 8 nitrogen and oxygen atoms in total. The molecule has 0 atom stereocenters. The van der Waals surface area contributed by atoms with E-state index in [2.05, 4.69) is 4.72 Å². The summed E-state index contributed by atoms with van der Waals surface area (Å²) < 4.78 is 31.6. The number of nitro benzene ring substituents is 1. The number of non-ortho nitro benzene ring substituents is 1. The van der Waals surface area contributed by atoms with Crippen LogP contribution in [0.15, 0.2) is 23.1 Å². The van der Waals surface area contributed by atoms with Crippen molar-refractivity contribution in [2.45, 2.75) is 24.3 Å². The number of rotatable bonds is 6. The molecule has 3 N–H and O–H groups in total. The molecule has 0 saturated carbocycles. The molecule has 0 aromatic heterocycles.